The van der Waals surface area contributed by atoms with Gasteiger partial charge in [-0.2, -0.15) is 0 Å². The predicted octanol–water partition coefficient (Wildman–Crippen LogP) is 1.66. The van der Waals surface area contributed by atoms with Crippen LogP contribution < -0.4 is 5.32 Å². The van der Waals surface area contributed by atoms with Crippen molar-refractivity contribution in [1.29, 1.82) is 0 Å². The van der Waals surface area contributed by atoms with Gasteiger partial charge in [-0.25, -0.2) is 4.98 Å². The molecule has 0 radical (unpaired) electrons. The Morgan fingerprint density at radius 2 is 2.07 bits per heavy atom. The zero-order valence-electron chi connectivity index (χ0n) is 7.42. The average Bonchev–Trinajstić information content (AvgIpc) is 2.67. The van der Waals surface area contributed by atoms with Gasteiger partial charge in [0.25, 0.3) is 0 Å². The van der Waals surface area contributed by atoms with Crippen molar-refractivity contribution in [2.24, 2.45) is 0 Å². The summed E-state index contributed by atoms with van der Waals surface area (Å²) in [4.78, 5) is 14.6. The van der Waals surface area contributed by atoms with Crippen LogP contribution in [0.4, 0.5) is 11.6 Å². The molecule has 0 bridgehead atoms. The minimum atomic E-state index is 0.520. The Morgan fingerprint density at radius 1 is 1.29 bits per heavy atom. The van der Waals surface area contributed by atoms with E-state index in [9.17, 15) is 4.79 Å². The number of para-hydroxylation sites is 1. The van der Waals surface area contributed by atoms with Crippen molar-refractivity contribution < 1.29 is 4.79 Å². The van der Waals surface area contributed by atoms with Gasteiger partial charge in [0.2, 0.25) is 12.4 Å². The SMILES string of the molecule is O=Cn1ccnc1Nc1ccccc1. The largest absolute Gasteiger partial charge is 0.325 e. The Kier molecular flexibility index (Phi) is 2.27. The van der Waals surface area contributed by atoms with Gasteiger partial charge in [0, 0.05) is 18.1 Å². The number of hydrogen-bond acceptors (Lipinski definition) is 3. The monoisotopic (exact) mass is 187 g/mol. The standard InChI is InChI=1S/C10H9N3O/c14-8-13-7-6-11-10(13)12-9-4-2-1-3-5-9/h1-8H,(H,11,12). The fourth-order valence-corrected chi connectivity index (χ4v) is 1.15. The van der Waals surface area contributed by atoms with Crippen LogP contribution in [0, 0.1) is 0 Å². The van der Waals surface area contributed by atoms with Crippen LogP contribution >= 0.6 is 0 Å². The Balaban J connectivity index is 2.23. The maximum absolute atomic E-state index is 10.6. The van der Waals surface area contributed by atoms with Crippen LogP contribution in [0.25, 0.3) is 0 Å². The highest BCUT2D eigenvalue weighted by atomic mass is 16.1. The van der Waals surface area contributed by atoms with E-state index >= 15 is 0 Å². The summed E-state index contributed by atoms with van der Waals surface area (Å²) < 4.78 is 1.38. The number of carbonyl (C=O) groups is 1. The number of aromatic nitrogens is 2. The molecule has 2 aromatic rings. The third-order valence-corrected chi connectivity index (χ3v) is 1.81. The molecule has 0 amide bonds. The maximum Gasteiger partial charge on any atom is 0.220 e. The molecule has 0 spiro atoms. The van der Waals surface area contributed by atoms with Gasteiger partial charge in [-0.05, 0) is 12.1 Å². The zero-order chi connectivity index (χ0) is 9.80. The molecule has 0 aliphatic heterocycles. The summed E-state index contributed by atoms with van der Waals surface area (Å²) in [6.07, 6.45) is 3.87. The molecule has 70 valence electrons. The van der Waals surface area contributed by atoms with E-state index in [4.69, 9.17) is 0 Å². The third kappa shape index (κ3) is 1.64. The highest BCUT2D eigenvalue weighted by Crippen LogP contribution is 2.12. The van der Waals surface area contributed by atoms with E-state index in [1.165, 1.54) is 4.57 Å². The second-order valence-corrected chi connectivity index (χ2v) is 2.75. The molecule has 0 unspecified atom stereocenters. The molecule has 0 saturated heterocycles. The van der Waals surface area contributed by atoms with Crippen LogP contribution in [0.3, 0.4) is 0 Å². The highest BCUT2D eigenvalue weighted by Gasteiger charge is 2.00. The highest BCUT2D eigenvalue weighted by molar-refractivity contribution is 5.63. The second-order valence-electron chi connectivity index (χ2n) is 2.75. The van der Waals surface area contributed by atoms with Crippen molar-refractivity contribution in [2.75, 3.05) is 5.32 Å². The Bertz CT molecular complexity index is 422. The second kappa shape index (κ2) is 3.74. The smallest absolute Gasteiger partial charge is 0.220 e. The van der Waals surface area contributed by atoms with Crippen LogP contribution in [0.5, 0.6) is 0 Å². The van der Waals surface area contributed by atoms with E-state index in [0.29, 0.717) is 12.4 Å². The van der Waals surface area contributed by atoms with Crippen LogP contribution in [0.15, 0.2) is 42.7 Å². The lowest BCUT2D eigenvalue weighted by atomic mass is 10.3. The van der Waals surface area contributed by atoms with Gasteiger partial charge in [-0.15, -0.1) is 0 Å². The van der Waals surface area contributed by atoms with E-state index < -0.39 is 0 Å². The minimum absolute atomic E-state index is 0.520. The molecule has 4 nitrogen and oxygen atoms in total. The van der Waals surface area contributed by atoms with Crippen molar-refractivity contribution >= 4 is 18.0 Å². The van der Waals surface area contributed by atoms with E-state index in [0.717, 1.165) is 5.69 Å². The first-order valence-electron chi connectivity index (χ1n) is 4.20. The lowest BCUT2D eigenvalue weighted by Gasteiger charge is -2.03. The molecule has 1 N–H and O–H groups in total. The van der Waals surface area contributed by atoms with Crippen molar-refractivity contribution in [3.63, 3.8) is 0 Å². The number of anilines is 2. The maximum atomic E-state index is 10.6. The number of rotatable bonds is 3. The molecule has 1 aromatic heterocycles. The summed E-state index contributed by atoms with van der Waals surface area (Å²) in [7, 11) is 0. The molecule has 14 heavy (non-hydrogen) atoms. The fourth-order valence-electron chi connectivity index (χ4n) is 1.15. The van der Waals surface area contributed by atoms with E-state index in [2.05, 4.69) is 10.3 Å². The first-order valence-corrected chi connectivity index (χ1v) is 4.20. The van der Waals surface area contributed by atoms with Gasteiger partial charge in [-0.1, -0.05) is 18.2 Å². The van der Waals surface area contributed by atoms with Crippen LogP contribution in [-0.2, 0) is 4.79 Å². The van der Waals surface area contributed by atoms with Gasteiger partial charge in [0.15, 0.2) is 0 Å². The normalized spacial score (nSPS) is 9.71. The van der Waals surface area contributed by atoms with E-state index in [-0.39, 0.29) is 0 Å². The molecule has 0 aliphatic rings. The fraction of sp³-hybridized carbons (Fsp3) is 0. The summed E-state index contributed by atoms with van der Waals surface area (Å²) in [5.41, 5.74) is 0.904. The number of imidazole rings is 1. The lowest BCUT2D eigenvalue weighted by molar-refractivity contribution is 0.548. The lowest BCUT2D eigenvalue weighted by Crippen LogP contribution is -2.01. The van der Waals surface area contributed by atoms with Gasteiger partial charge in [0.05, 0.1) is 0 Å². The molecule has 1 aromatic carbocycles. The summed E-state index contributed by atoms with van der Waals surface area (Å²) in [5, 5.41) is 3.02. The van der Waals surface area contributed by atoms with Crippen molar-refractivity contribution in [3.05, 3.63) is 42.7 Å². The number of nitrogens with zero attached hydrogens (tertiary/aromatic N) is 2. The molecular weight excluding hydrogens is 178 g/mol. The quantitative estimate of drug-likeness (QED) is 0.743. The van der Waals surface area contributed by atoms with Crippen molar-refractivity contribution in [1.82, 2.24) is 9.55 Å². The van der Waals surface area contributed by atoms with Crippen molar-refractivity contribution in [2.45, 2.75) is 0 Å². The Hall–Kier alpha value is -2.10. The number of nitrogens with one attached hydrogen (secondary N) is 1. The molecule has 1 heterocycles. The zero-order valence-corrected chi connectivity index (χ0v) is 7.42. The minimum Gasteiger partial charge on any atom is -0.325 e. The molecule has 4 heteroatoms. The molecule has 0 atom stereocenters. The Morgan fingerprint density at radius 3 is 2.79 bits per heavy atom. The first kappa shape index (κ1) is 8.50. The number of benzene rings is 1. The van der Waals surface area contributed by atoms with Gasteiger partial charge in [-0.3, -0.25) is 9.36 Å². The summed E-state index contributed by atoms with van der Waals surface area (Å²) in [5.74, 6) is 0.520. The van der Waals surface area contributed by atoms with Crippen LogP contribution in [0.2, 0.25) is 0 Å². The van der Waals surface area contributed by atoms with Crippen LogP contribution in [0.1, 0.15) is 0 Å². The molecule has 0 saturated carbocycles. The predicted molar refractivity (Wildman–Crippen MR) is 54.1 cm³/mol. The van der Waals surface area contributed by atoms with E-state index in [1.54, 1.807) is 12.4 Å². The molecular formula is C10H9N3O. The molecule has 0 aliphatic carbocycles. The summed E-state index contributed by atoms with van der Waals surface area (Å²) in [6.45, 7) is 0. The number of hydrogen-bond donors (Lipinski definition) is 1. The molecule has 2 rings (SSSR count). The van der Waals surface area contributed by atoms with Gasteiger partial charge < -0.3 is 5.32 Å². The number of carbonyl (C=O) groups excluding carboxylic acids is 1. The topological polar surface area (TPSA) is 46.9 Å². The third-order valence-electron chi connectivity index (χ3n) is 1.81. The van der Waals surface area contributed by atoms with Gasteiger partial charge >= 0.3 is 0 Å². The average molecular weight is 187 g/mol. The van der Waals surface area contributed by atoms with Gasteiger partial charge in [0.1, 0.15) is 0 Å². The first-order chi connectivity index (χ1) is 6.90. The van der Waals surface area contributed by atoms with E-state index in [1.807, 2.05) is 30.3 Å². The van der Waals surface area contributed by atoms with Crippen molar-refractivity contribution in [3.8, 4) is 0 Å². The van der Waals surface area contributed by atoms with Crippen LogP contribution in [-0.4, -0.2) is 16.0 Å². The molecule has 0 fully saturated rings. The Labute approximate surface area is 81.2 Å². The summed E-state index contributed by atoms with van der Waals surface area (Å²) >= 11 is 0. The summed E-state index contributed by atoms with van der Waals surface area (Å²) in [6, 6.07) is 9.57.